The molecule has 154 valence electrons. The lowest BCUT2D eigenvalue weighted by Gasteiger charge is -2.24. The summed E-state index contributed by atoms with van der Waals surface area (Å²) in [4.78, 5) is 24.9. The largest absolute Gasteiger partial charge is 0.480 e. The number of likely N-dealkylation sites (tertiary alicyclic amines) is 1. The number of hydrogen-bond donors (Lipinski definition) is 1. The van der Waals surface area contributed by atoms with Crippen molar-refractivity contribution < 1.29 is 22.7 Å². The summed E-state index contributed by atoms with van der Waals surface area (Å²) in [6.07, 6.45) is 1.44. The lowest BCUT2D eigenvalue weighted by Crippen LogP contribution is -2.41. The summed E-state index contributed by atoms with van der Waals surface area (Å²) in [6.45, 7) is 2.61. The van der Waals surface area contributed by atoms with Gasteiger partial charge in [0.15, 0.2) is 5.82 Å². The molecule has 1 fully saturated rings. The summed E-state index contributed by atoms with van der Waals surface area (Å²) in [5, 5.41) is 0.703. The van der Waals surface area contributed by atoms with E-state index in [9.17, 15) is 13.2 Å². The molecule has 2 aromatic heterocycles. The first-order valence-electron chi connectivity index (χ1n) is 8.86. The van der Waals surface area contributed by atoms with Gasteiger partial charge in [-0.2, -0.15) is 4.98 Å². The number of fused-ring (bicyclic) bond motifs is 1. The highest BCUT2D eigenvalue weighted by molar-refractivity contribution is 7.89. The van der Waals surface area contributed by atoms with Crippen molar-refractivity contribution in [3.63, 3.8) is 0 Å². The number of sulfonamides is 1. The summed E-state index contributed by atoms with van der Waals surface area (Å²) in [5.74, 6) is 0.608. The number of carbonyl (C=O) groups is 1. The molecule has 1 saturated heterocycles. The first-order chi connectivity index (χ1) is 13.3. The molecule has 1 amide bonds. The molecule has 1 aliphatic heterocycles. The highest BCUT2D eigenvalue weighted by atomic mass is 32.2. The molecule has 9 nitrogen and oxygen atoms in total. The second-order valence-electron chi connectivity index (χ2n) is 6.60. The van der Waals surface area contributed by atoms with Crippen LogP contribution in [-0.2, 0) is 21.4 Å². The summed E-state index contributed by atoms with van der Waals surface area (Å²) in [6, 6.07) is -0.341. The van der Waals surface area contributed by atoms with Crippen molar-refractivity contribution in [2.45, 2.75) is 32.4 Å². The van der Waals surface area contributed by atoms with Crippen LogP contribution in [0, 0.1) is 6.92 Å². The average Bonchev–Trinajstić information content (AvgIpc) is 3.25. The second-order valence-corrected chi connectivity index (χ2v) is 9.57. The van der Waals surface area contributed by atoms with Crippen molar-refractivity contribution in [1.29, 1.82) is 0 Å². The number of aryl methyl sites for hydroxylation is 1. The number of methoxy groups -OCH3 is 2. The van der Waals surface area contributed by atoms with Crippen LogP contribution in [0.1, 0.15) is 33.9 Å². The fourth-order valence-corrected chi connectivity index (χ4v) is 5.60. The second kappa shape index (κ2) is 8.27. The van der Waals surface area contributed by atoms with E-state index in [-0.39, 0.29) is 24.3 Å². The first kappa shape index (κ1) is 20.9. The van der Waals surface area contributed by atoms with Crippen LogP contribution in [0.3, 0.4) is 0 Å². The normalized spacial score (nSPS) is 17.4. The zero-order valence-corrected chi connectivity index (χ0v) is 17.9. The third-order valence-electron chi connectivity index (χ3n) is 4.83. The average molecular weight is 429 g/mol. The zero-order chi connectivity index (χ0) is 20.5. The fraction of sp³-hybridized carbons (Fsp3) is 0.588. The maximum Gasteiger partial charge on any atom is 0.264 e. The predicted octanol–water partition coefficient (Wildman–Crippen LogP) is 1.31. The molecule has 3 rings (SSSR count). The summed E-state index contributed by atoms with van der Waals surface area (Å²) in [7, 11) is 1.06. The standard InChI is InChI=1S/C17H24N4O5S2/c1-10-13-15(26-4)19-12(8-25-3)20-16(13)27-14(10)17(22)21-7-5-6-11(21)9-28(23,24)18-2/h11,18H,5-9H2,1-4H3/t11-/m0/s1. The van der Waals surface area contributed by atoms with Gasteiger partial charge in [-0.1, -0.05) is 0 Å². The predicted molar refractivity (Wildman–Crippen MR) is 106 cm³/mol. The quantitative estimate of drug-likeness (QED) is 0.708. The van der Waals surface area contributed by atoms with E-state index in [2.05, 4.69) is 14.7 Å². The molecule has 0 radical (unpaired) electrons. The SMILES string of the molecule is CNS(=O)(=O)C[C@@H]1CCCN1C(=O)c1sc2nc(COC)nc(OC)c2c1C. The minimum atomic E-state index is -3.41. The lowest BCUT2D eigenvalue weighted by molar-refractivity contribution is 0.0753. The van der Waals surface area contributed by atoms with Gasteiger partial charge >= 0.3 is 0 Å². The van der Waals surface area contributed by atoms with Crippen LogP contribution in [0.25, 0.3) is 10.2 Å². The number of aromatic nitrogens is 2. The van der Waals surface area contributed by atoms with E-state index in [0.29, 0.717) is 39.8 Å². The number of amides is 1. The van der Waals surface area contributed by atoms with Gasteiger partial charge in [0.1, 0.15) is 11.4 Å². The molecular formula is C17H24N4O5S2. The van der Waals surface area contributed by atoms with Crippen LogP contribution in [0.5, 0.6) is 5.88 Å². The molecule has 0 unspecified atom stereocenters. The Kier molecular flexibility index (Phi) is 6.18. The fourth-order valence-electron chi connectivity index (χ4n) is 3.43. The number of rotatable bonds is 7. The molecule has 0 saturated carbocycles. The van der Waals surface area contributed by atoms with Gasteiger partial charge in [-0.25, -0.2) is 18.1 Å². The van der Waals surface area contributed by atoms with Gasteiger partial charge in [0.05, 0.1) is 23.1 Å². The number of carbonyl (C=O) groups excluding carboxylic acids is 1. The van der Waals surface area contributed by atoms with Crippen LogP contribution in [-0.4, -0.2) is 68.8 Å². The molecule has 0 aliphatic carbocycles. The Hall–Kier alpha value is -1.82. The van der Waals surface area contributed by atoms with Crippen molar-refractivity contribution in [2.24, 2.45) is 0 Å². The maximum absolute atomic E-state index is 13.2. The minimum absolute atomic E-state index is 0.0969. The molecule has 28 heavy (non-hydrogen) atoms. The molecule has 2 aromatic rings. The Labute approximate surface area is 168 Å². The van der Waals surface area contributed by atoms with Gasteiger partial charge in [-0.3, -0.25) is 4.79 Å². The molecule has 1 aliphatic rings. The van der Waals surface area contributed by atoms with Crippen molar-refractivity contribution in [2.75, 3.05) is 33.6 Å². The van der Waals surface area contributed by atoms with E-state index in [1.165, 1.54) is 25.5 Å². The molecule has 1 N–H and O–H groups in total. The van der Waals surface area contributed by atoms with E-state index < -0.39 is 10.0 Å². The van der Waals surface area contributed by atoms with E-state index in [4.69, 9.17) is 9.47 Å². The molecule has 0 bridgehead atoms. The minimum Gasteiger partial charge on any atom is -0.480 e. The highest BCUT2D eigenvalue weighted by Crippen LogP contribution is 2.36. The molecule has 1 atom stereocenters. The van der Waals surface area contributed by atoms with Crippen LogP contribution >= 0.6 is 11.3 Å². The zero-order valence-electron chi connectivity index (χ0n) is 16.3. The van der Waals surface area contributed by atoms with E-state index >= 15 is 0 Å². The maximum atomic E-state index is 13.2. The smallest absolute Gasteiger partial charge is 0.264 e. The van der Waals surface area contributed by atoms with Crippen molar-refractivity contribution >= 4 is 37.5 Å². The highest BCUT2D eigenvalue weighted by Gasteiger charge is 2.34. The van der Waals surface area contributed by atoms with Gasteiger partial charge in [0.25, 0.3) is 5.91 Å². The van der Waals surface area contributed by atoms with Crippen LogP contribution in [0.2, 0.25) is 0 Å². The van der Waals surface area contributed by atoms with E-state index in [1.54, 1.807) is 12.0 Å². The van der Waals surface area contributed by atoms with Crippen molar-refractivity contribution in [3.8, 4) is 5.88 Å². The van der Waals surface area contributed by atoms with Gasteiger partial charge in [-0.05, 0) is 32.4 Å². The monoisotopic (exact) mass is 428 g/mol. The van der Waals surface area contributed by atoms with Crippen LogP contribution < -0.4 is 9.46 Å². The number of nitrogens with zero attached hydrogens (tertiary/aromatic N) is 3. The van der Waals surface area contributed by atoms with Gasteiger partial charge in [-0.15, -0.1) is 11.3 Å². The Balaban J connectivity index is 1.98. The van der Waals surface area contributed by atoms with Gasteiger partial charge in [0.2, 0.25) is 15.9 Å². The topological polar surface area (TPSA) is 111 Å². The molecule has 0 aromatic carbocycles. The van der Waals surface area contributed by atoms with Gasteiger partial charge < -0.3 is 14.4 Å². The Morgan fingerprint density at radius 1 is 1.36 bits per heavy atom. The summed E-state index contributed by atoms with van der Waals surface area (Å²) in [5.41, 5.74) is 0.743. The molecule has 0 spiro atoms. The van der Waals surface area contributed by atoms with Crippen LogP contribution in [0.15, 0.2) is 0 Å². The van der Waals surface area contributed by atoms with Crippen LogP contribution in [0.4, 0.5) is 0 Å². The number of nitrogens with one attached hydrogen (secondary N) is 1. The van der Waals surface area contributed by atoms with Gasteiger partial charge in [0, 0.05) is 19.7 Å². The number of ether oxygens (including phenoxy) is 2. The van der Waals surface area contributed by atoms with E-state index in [1.807, 2.05) is 6.92 Å². The Morgan fingerprint density at radius 2 is 2.11 bits per heavy atom. The summed E-state index contributed by atoms with van der Waals surface area (Å²) < 4.78 is 36.7. The number of thiophene rings is 1. The lowest BCUT2D eigenvalue weighted by atomic mass is 10.2. The summed E-state index contributed by atoms with van der Waals surface area (Å²) >= 11 is 1.27. The third kappa shape index (κ3) is 3.97. The van der Waals surface area contributed by atoms with E-state index in [0.717, 1.165) is 12.0 Å². The molecular weight excluding hydrogens is 404 g/mol. The number of hydrogen-bond acceptors (Lipinski definition) is 8. The Morgan fingerprint density at radius 3 is 2.75 bits per heavy atom. The third-order valence-corrected chi connectivity index (χ3v) is 7.44. The van der Waals surface area contributed by atoms with Crippen molar-refractivity contribution in [3.05, 3.63) is 16.3 Å². The Bertz CT molecular complexity index is 989. The van der Waals surface area contributed by atoms with Crippen molar-refractivity contribution in [1.82, 2.24) is 19.6 Å². The molecule has 3 heterocycles. The molecule has 11 heteroatoms. The first-order valence-corrected chi connectivity index (χ1v) is 11.3.